The summed E-state index contributed by atoms with van der Waals surface area (Å²) in [6.45, 7) is 3.76. The molecular weight excluding hydrogens is 354 g/mol. The van der Waals surface area contributed by atoms with E-state index in [-0.39, 0.29) is 0 Å². The largest absolute Gasteiger partial charge is 0.358 e. The van der Waals surface area contributed by atoms with Gasteiger partial charge in [0, 0.05) is 34.4 Å². The fourth-order valence-electron chi connectivity index (χ4n) is 4.92. The van der Waals surface area contributed by atoms with Crippen LogP contribution < -0.4 is 0 Å². The molecule has 2 aromatic heterocycles. The molecule has 2 N–H and O–H groups in total. The molecule has 0 saturated carbocycles. The van der Waals surface area contributed by atoms with Crippen molar-refractivity contribution in [2.45, 2.75) is 44.9 Å². The minimum absolute atomic E-state index is 1.12. The van der Waals surface area contributed by atoms with Gasteiger partial charge in [-0.15, -0.1) is 0 Å². The van der Waals surface area contributed by atoms with Crippen LogP contribution in [0.25, 0.3) is 21.8 Å². The molecule has 0 amide bonds. The number of rotatable bonds is 8. The summed E-state index contributed by atoms with van der Waals surface area (Å²) >= 11 is 0. The first-order chi connectivity index (χ1) is 14.4. The van der Waals surface area contributed by atoms with E-state index in [9.17, 15) is 0 Å². The lowest BCUT2D eigenvalue weighted by Gasteiger charge is -2.14. The van der Waals surface area contributed by atoms with Crippen molar-refractivity contribution < 1.29 is 0 Å². The van der Waals surface area contributed by atoms with Crippen LogP contribution in [-0.2, 0) is 19.3 Å². The second-order valence-corrected chi connectivity index (χ2v) is 8.52. The van der Waals surface area contributed by atoms with E-state index in [1.807, 2.05) is 0 Å². The highest BCUT2D eigenvalue weighted by Gasteiger charge is 2.15. The van der Waals surface area contributed by atoms with Gasteiger partial charge in [0.15, 0.2) is 0 Å². The van der Waals surface area contributed by atoms with Crippen molar-refractivity contribution in [3.8, 4) is 0 Å². The number of aromatic amines is 2. The molecule has 0 spiro atoms. The molecule has 0 radical (unpaired) electrons. The van der Waals surface area contributed by atoms with Crippen molar-refractivity contribution in [3.63, 3.8) is 0 Å². The molecule has 0 atom stereocenters. The van der Waals surface area contributed by atoms with E-state index in [1.165, 1.54) is 84.9 Å². The van der Waals surface area contributed by atoms with Crippen LogP contribution in [0, 0.1) is 0 Å². The number of nitrogens with zero attached hydrogens (tertiary/aromatic N) is 1. The number of aryl methyl sites for hydroxylation is 2. The molecule has 5 rings (SSSR count). The molecule has 1 aliphatic rings. The first-order valence-electron chi connectivity index (χ1n) is 11.2. The molecule has 1 fully saturated rings. The predicted molar refractivity (Wildman–Crippen MR) is 123 cm³/mol. The Labute approximate surface area is 173 Å². The second kappa shape index (κ2) is 8.46. The van der Waals surface area contributed by atoms with Gasteiger partial charge >= 0.3 is 0 Å². The molecule has 150 valence electrons. The zero-order chi connectivity index (χ0) is 19.5. The Morgan fingerprint density at radius 1 is 0.759 bits per heavy atom. The summed E-state index contributed by atoms with van der Waals surface area (Å²) in [5, 5.41) is 2.75. The van der Waals surface area contributed by atoms with Gasteiger partial charge < -0.3 is 14.9 Å². The third kappa shape index (κ3) is 4.11. The standard InChI is InChI=1S/C26H31N3/c1-4-12-24-20(9-1)19-21(27-24)10-2-5-13-26-23(15-18-29-16-7-8-17-29)22-11-3-6-14-25(22)28-26/h1,3-4,6,9,11-12,14,19,27-28H,2,5,7-8,10,13,15-18H2. The summed E-state index contributed by atoms with van der Waals surface area (Å²) in [6, 6.07) is 19.7. The Morgan fingerprint density at radius 2 is 1.52 bits per heavy atom. The topological polar surface area (TPSA) is 34.8 Å². The number of hydrogen-bond acceptors (Lipinski definition) is 1. The Morgan fingerprint density at radius 3 is 2.38 bits per heavy atom. The molecule has 3 heterocycles. The first-order valence-corrected chi connectivity index (χ1v) is 11.2. The number of benzene rings is 2. The van der Waals surface area contributed by atoms with Crippen molar-refractivity contribution >= 4 is 21.8 Å². The van der Waals surface area contributed by atoms with Crippen molar-refractivity contribution in [2.75, 3.05) is 19.6 Å². The van der Waals surface area contributed by atoms with Gasteiger partial charge in [-0.05, 0) is 87.2 Å². The quantitative estimate of drug-likeness (QED) is 0.366. The third-order valence-electron chi connectivity index (χ3n) is 6.49. The zero-order valence-corrected chi connectivity index (χ0v) is 17.2. The fourth-order valence-corrected chi connectivity index (χ4v) is 4.92. The molecular formula is C26H31N3. The lowest BCUT2D eigenvalue weighted by Crippen LogP contribution is -2.22. The van der Waals surface area contributed by atoms with Gasteiger partial charge in [-0.1, -0.05) is 36.4 Å². The van der Waals surface area contributed by atoms with Gasteiger partial charge in [0.1, 0.15) is 0 Å². The van der Waals surface area contributed by atoms with Gasteiger partial charge in [0.05, 0.1) is 0 Å². The number of likely N-dealkylation sites (tertiary alicyclic amines) is 1. The van der Waals surface area contributed by atoms with Gasteiger partial charge in [0.25, 0.3) is 0 Å². The maximum Gasteiger partial charge on any atom is 0.0458 e. The van der Waals surface area contributed by atoms with Crippen LogP contribution in [0.4, 0.5) is 0 Å². The monoisotopic (exact) mass is 385 g/mol. The molecule has 0 unspecified atom stereocenters. The van der Waals surface area contributed by atoms with Gasteiger partial charge in [-0.3, -0.25) is 0 Å². The van der Waals surface area contributed by atoms with Crippen LogP contribution >= 0.6 is 0 Å². The average molecular weight is 386 g/mol. The van der Waals surface area contributed by atoms with Crippen molar-refractivity contribution in [1.82, 2.24) is 14.9 Å². The highest BCUT2D eigenvalue weighted by atomic mass is 15.1. The number of H-pyrrole nitrogens is 2. The van der Waals surface area contributed by atoms with Crippen LogP contribution in [0.2, 0.25) is 0 Å². The Kier molecular flexibility index (Phi) is 5.40. The molecule has 3 heteroatoms. The Hall–Kier alpha value is -2.52. The molecule has 29 heavy (non-hydrogen) atoms. The lowest BCUT2D eigenvalue weighted by atomic mass is 10.0. The maximum absolute atomic E-state index is 3.73. The smallest absolute Gasteiger partial charge is 0.0458 e. The minimum atomic E-state index is 1.12. The Balaban J connectivity index is 1.23. The van der Waals surface area contributed by atoms with Crippen LogP contribution in [0.5, 0.6) is 0 Å². The minimum Gasteiger partial charge on any atom is -0.358 e. The van der Waals surface area contributed by atoms with Gasteiger partial charge in [-0.2, -0.15) is 0 Å². The van der Waals surface area contributed by atoms with Crippen LogP contribution in [-0.4, -0.2) is 34.5 Å². The highest BCUT2D eigenvalue weighted by Crippen LogP contribution is 2.25. The number of para-hydroxylation sites is 2. The van der Waals surface area contributed by atoms with Gasteiger partial charge in [-0.25, -0.2) is 0 Å². The van der Waals surface area contributed by atoms with E-state index in [0.29, 0.717) is 0 Å². The molecule has 0 aliphatic carbocycles. The van der Waals surface area contributed by atoms with E-state index in [4.69, 9.17) is 0 Å². The van der Waals surface area contributed by atoms with E-state index < -0.39 is 0 Å². The zero-order valence-electron chi connectivity index (χ0n) is 17.2. The highest BCUT2D eigenvalue weighted by molar-refractivity contribution is 5.84. The molecule has 4 aromatic rings. The summed E-state index contributed by atoms with van der Waals surface area (Å²) in [5.74, 6) is 0. The number of nitrogens with one attached hydrogen (secondary N) is 2. The van der Waals surface area contributed by atoms with E-state index >= 15 is 0 Å². The molecule has 0 bridgehead atoms. The van der Waals surface area contributed by atoms with E-state index in [2.05, 4.69) is 69.5 Å². The fraction of sp³-hybridized carbons (Fsp3) is 0.385. The summed E-state index contributed by atoms with van der Waals surface area (Å²) in [6.07, 6.45) is 8.61. The summed E-state index contributed by atoms with van der Waals surface area (Å²) < 4.78 is 0. The summed E-state index contributed by atoms with van der Waals surface area (Å²) in [4.78, 5) is 9.93. The maximum atomic E-state index is 3.73. The number of unbranched alkanes of at least 4 members (excludes halogenated alkanes) is 1. The average Bonchev–Trinajstić information content (AvgIpc) is 3.47. The second-order valence-electron chi connectivity index (χ2n) is 8.52. The van der Waals surface area contributed by atoms with Crippen LogP contribution in [0.1, 0.15) is 42.6 Å². The van der Waals surface area contributed by atoms with Crippen LogP contribution in [0.3, 0.4) is 0 Å². The van der Waals surface area contributed by atoms with Gasteiger partial charge in [0.2, 0.25) is 0 Å². The number of aromatic nitrogens is 2. The normalized spacial score (nSPS) is 15.0. The predicted octanol–water partition coefficient (Wildman–Crippen LogP) is 5.85. The SMILES string of the molecule is c1ccc2[nH]c(CCCCc3[nH]c4ccccc4c3CCN3CCCC3)cc2c1. The van der Waals surface area contributed by atoms with E-state index in [0.717, 1.165) is 12.8 Å². The molecule has 2 aromatic carbocycles. The third-order valence-corrected chi connectivity index (χ3v) is 6.49. The summed E-state index contributed by atoms with van der Waals surface area (Å²) in [5.41, 5.74) is 6.93. The van der Waals surface area contributed by atoms with Crippen molar-refractivity contribution in [1.29, 1.82) is 0 Å². The lowest BCUT2D eigenvalue weighted by molar-refractivity contribution is 0.343. The number of fused-ring (bicyclic) bond motifs is 2. The Bertz CT molecular complexity index is 1050. The first kappa shape index (κ1) is 18.5. The number of hydrogen-bond donors (Lipinski definition) is 2. The molecule has 1 aliphatic heterocycles. The van der Waals surface area contributed by atoms with E-state index in [1.54, 1.807) is 5.56 Å². The van der Waals surface area contributed by atoms with Crippen LogP contribution in [0.15, 0.2) is 54.6 Å². The molecule has 3 nitrogen and oxygen atoms in total. The molecule has 1 saturated heterocycles. The van der Waals surface area contributed by atoms with Crippen molar-refractivity contribution in [3.05, 3.63) is 71.5 Å². The van der Waals surface area contributed by atoms with Crippen molar-refractivity contribution in [2.24, 2.45) is 0 Å². The summed E-state index contributed by atoms with van der Waals surface area (Å²) in [7, 11) is 0.